The van der Waals surface area contributed by atoms with Crippen LogP contribution in [0.3, 0.4) is 0 Å². The minimum atomic E-state index is -0.0267. The molecule has 0 unspecified atom stereocenters. The predicted molar refractivity (Wildman–Crippen MR) is 152 cm³/mol. The molecule has 2 aromatic heterocycles. The van der Waals surface area contributed by atoms with E-state index in [1.807, 2.05) is 60.9 Å². The molecule has 0 bridgehead atoms. The summed E-state index contributed by atoms with van der Waals surface area (Å²) in [6.45, 7) is 12.8. The van der Waals surface area contributed by atoms with Gasteiger partial charge in [0.05, 0.1) is 18.9 Å². The molecule has 1 N–H and O–H groups in total. The van der Waals surface area contributed by atoms with Gasteiger partial charge in [-0.2, -0.15) is 0 Å². The van der Waals surface area contributed by atoms with Crippen molar-refractivity contribution in [3.05, 3.63) is 99.1 Å². The predicted octanol–water partition coefficient (Wildman–Crippen LogP) is 7.14. The van der Waals surface area contributed by atoms with Gasteiger partial charge in [0, 0.05) is 41.2 Å². The van der Waals surface area contributed by atoms with E-state index in [9.17, 15) is 4.79 Å². The summed E-state index contributed by atoms with van der Waals surface area (Å²) in [4.78, 5) is 14.9. The molecule has 1 aliphatic heterocycles. The summed E-state index contributed by atoms with van der Waals surface area (Å²) in [5, 5.41) is 10.9. The van der Waals surface area contributed by atoms with E-state index in [4.69, 9.17) is 14.6 Å². The summed E-state index contributed by atoms with van der Waals surface area (Å²) in [5.41, 5.74) is 6.71. The number of nitrogens with zero attached hydrogens (tertiary/aromatic N) is 1. The zero-order chi connectivity index (χ0) is 25.7. The first-order valence-corrected chi connectivity index (χ1v) is 13.1. The fourth-order valence-electron chi connectivity index (χ4n) is 4.25. The smallest absolute Gasteiger partial charge is 0.204 e. The quantitative estimate of drug-likeness (QED) is 0.264. The Morgan fingerprint density at radius 3 is 2.58 bits per heavy atom. The zero-order valence-electron chi connectivity index (χ0n) is 21.1. The van der Waals surface area contributed by atoms with E-state index in [0.29, 0.717) is 48.2 Å². The largest absolute Gasteiger partial charge is 0.439 e. The molecule has 4 rings (SSSR count). The number of thiophene rings is 1. The Kier molecular flexibility index (Phi) is 8.18. The van der Waals surface area contributed by atoms with Gasteiger partial charge in [-0.15, -0.1) is 11.3 Å². The van der Waals surface area contributed by atoms with Gasteiger partial charge in [0.1, 0.15) is 4.70 Å². The highest BCUT2D eigenvalue weighted by molar-refractivity contribution is 7.17. The maximum absolute atomic E-state index is 12.8. The van der Waals surface area contributed by atoms with Crippen molar-refractivity contribution in [3.8, 4) is 11.1 Å². The highest BCUT2D eigenvalue weighted by atomic mass is 32.1. The average molecular weight is 501 g/mol. The fraction of sp³-hybridized carbons (Fsp3) is 0.267. The summed E-state index contributed by atoms with van der Waals surface area (Å²) >= 11 is 1.40. The molecule has 3 aromatic rings. The van der Waals surface area contributed by atoms with Crippen molar-refractivity contribution in [1.29, 1.82) is 5.41 Å². The molecule has 1 aromatic carbocycles. The van der Waals surface area contributed by atoms with Crippen molar-refractivity contribution >= 4 is 33.2 Å². The third-order valence-corrected chi connectivity index (χ3v) is 7.42. The third kappa shape index (κ3) is 5.20. The molecule has 0 amide bonds. The van der Waals surface area contributed by atoms with Gasteiger partial charge in [0.2, 0.25) is 5.43 Å². The Bertz CT molecular complexity index is 1410. The highest BCUT2D eigenvalue weighted by Crippen LogP contribution is 2.35. The molecule has 1 fully saturated rings. The minimum absolute atomic E-state index is 0.0267. The van der Waals surface area contributed by atoms with Gasteiger partial charge in [0.25, 0.3) is 0 Å². The molecule has 3 heterocycles. The zero-order valence-corrected chi connectivity index (χ0v) is 21.9. The van der Waals surface area contributed by atoms with E-state index in [-0.39, 0.29) is 5.43 Å². The lowest BCUT2D eigenvalue weighted by molar-refractivity contribution is 0.121. The molecule has 1 aliphatic rings. The maximum Gasteiger partial charge on any atom is 0.204 e. The topological polar surface area (TPSA) is 66.5 Å². The van der Waals surface area contributed by atoms with E-state index in [1.54, 1.807) is 6.07 Å². The number of benzene rings is 1. The lowest BCUT2D eigenvalue weighted by atomic mass is 9.91. The number of ether oxygens (including phenoxy) is 1. The Hall–Kier alpha value is -3.48. The van der Waals surface area contributed by atoms with Gasteiger partial charge in [-0.3, -0.25) is 10.2 Å². The lowest BCUT2D eigenvalue weighted by Gasteiger charge is -2.27. The Labute approximate surface area is 216 Å². The molecule has 0 saturated carbocycles. The number of allylic oxidation sites excluding steroid dienone is 7. The highest BCUT2D eigenvalue weighted by Gasteiger charge is 2.19. The molecule has 0 radical (unpaired) electrons. The summed E-state index contributed by atoms with van der Waals surface area (Å²) in [6.07, 6.45) is 8.61. The van der Waals surface area contributed by atoms with Crippen LogP contribution in [0.1, 0.15) is 32.8 Å². The molecule has 5 nitrogen and oxygen atoms in total. The Balaban J connectivity index is 1.70. The van der Waals surface area contributed by atoms with Gasteiger partial charge < -0.3 is 14.1 Å². The van der Waals surface area contributed by atoms with Crippen molar-refractivity contribution < 1.29 is 9.15 Å². The maximum atomic E-state index is 12.8. The van der Waals surface area contributed by atoms with E-state index < -0.39 is 0 Å². The number of fused-ring (bicyclic) bond motifs is 1. The summed E-state index contributed by atoms with van der Waals surface area (Å²) in [5.74, 6) is 0.586. The standard InChI is InChI=1S/C30H32N2O3S/c1-5-8-9-24(23(7-3)20(4)6-2)28(31)22-12-10-21(11-13-22)25-19-36-30-26(33)18-27(35-29(25)30)32-14-16-34-17-15-32/h5,7-13,18-19,31H,3,6,14-17H2,1-2,4H3/b8-5-,23-20?,24-9+,31-28?. The summed E-state index contributed by atoms with van der Waals surface area (Å²) in [7, 11) is 0. The first-order valence-electron chi connectivity index (χ1n) is 12.2. The van der Waals surface area contributed by atoms with Crippen molar-refractivity contribution in [2.24, 2.45) is 0 Å². The van der Waals surface area contributed by atoms with Gasteiger partial charge in [-0.1, -0.05) is 67.6 Å². The lowest BCUT2D eigenvalue weighted by Crippen LogP contribution is -2.36. The summed E-state index contributed by atoms with van der Waals surface area (Å²) in [6, 6.07) is 9.47. The van der Waals surface area contributed by atoms with E-state index >= 15 is 0 Å². The van der Waals surface area contributed by atoms with E-state index in [0.717, 1.165) is 34.3 Å². The van der Waals surface area contributed by atoms with Crippen LogP contribution in [0.2, 0.25) is 0 Å². The molecule has 0 spiro atoms. The second-order valence-corrected chi connectivity index (χ2v) is 9.55. The Morgan fingerprint density at radius 2 is 1.94 bits per heavy atom. The van der Waals surface area contributed by atoms with Crippen LogP contribution < -0.4 is 10.3 Å². The Morgan fingerprint density at radius 1 is 1.22 bits per heavy atom. The van der Waals surface area contributed by atoms with Crippen LogP contribution in [-0.4, -0.2) is 32.0 Å². The second-order valence-electron chi connectivity index (χ2n) is 8.67. The van der Waals surface area contributed by atoms with Crippen LogP contribution >= 0.6 is 11.3 Å². The molecule has 36 heavy (non-hydrogen) atoms. The molecule has 0 atom stereocenters. The second kappa shape index (κ2) is 11.5. The molecular weight excluding hydrogens is 468 g/mol. The number of hydrogen-bond acceptors (Lipinski definition) is 6. The normalized spacial score (nSPS) is 15.4. The van der Waals surface area contributed by atoms with Crippen molar-refractivity contribution in [1.82, 2.24) is 0 Å². The van der Waals surface area contributed by atoms with Crippen molar-refractivity contribution in [2.75, 3.05) is 31.2 Å². The third-order valence-electron chi connectivity index (χ3n) is 6.45. The van der Waals surface area contributed by atoms with Gasteiger partial charge in [-0.05, 0) is 31.4 Å². The molecule has 186 valence electrons. The van der Waals surface area contributed by atoms with Crippen LogP contribution in [0.5, 0.6) is 0 Å². The van der Waals surface area contributed by atoms with Crippen LogP contribution in [-0.2, 0) is 4.74 Å². The number of rotatable bonds is 8. The number of nitrogens with one attached hydrogen (secondary N) is 1. The average Bonchev–Trinajstić information content (AvgIpc) is 3.35. The number of morpholine rings is 1. The van der Waals surface area contributed by atoms with Gasteiger partial charge in [-0.25, -0.2) is 0 Å². The van der Waals surface area contributed by atoms with Gasteiger partial charge in [0.15, 0.2) is 11.5 Å². The van der Waals surface area contributed by atoms with Crippen LogP contribution in [0, 0.1) is 5.41 Å². The first-order chi connectivity index (χ1) is 17.5. The van der Waals surface area contributed by atoms with Crippen LogP contribution in [0.15, 0.2) is 92.5 Å². The van der Waals surface area contributed by atoms with Crippen molar-refractivity contribution in [3.63, 3.8) is 0 Å². The SMILES string of the molecule is C=CC(=C(C)CC)/C(=C\C=C/C)C(=N)c1ccc(-c2csc3c(=O)cc(N4CCOCC4)oc23)cc1. The number of anilines is 1. The van der Waals surface area contributed by atoms with E-state index in [2.05, 4.69) is 25.3 Å². The molecule has 1 saturated heterocycles. The van der Waals surface area contributed by atoms with Crippen molar-refractivity contribution in [2.45, 2.75) is 27.2 Å². The molecule has 6 heteroatoms. The number of hydrogen-bond donors (Lipinski definition) is 1. The van der Waals surface area contributed by atoms with E-state index in [1.165, 1.54) is 16.9 Å². The molecular formula is C30H32N2O3S. The van der Waals surface area contributed by atoms with Crippen LogP contribution in [0.25, 0.3) is 21.4 Å². The first kappa shape index (κ1) is 25.6. The monoisotopic (exact) mass is 500 g/mol. The van der Waals surface area contributed by atoms with Crippen LogP contribution in [0.4, 0.5) is 5.88 Å². The fourth-order valence-corrected chi connectivity index (χ4v) is 5.16. The summed E-state index contributed by atoms with van der Waals surface area (Å²) < 4.78 is 12.3. The molecule has 0 aliphatic carbocycles. The van der Waals surface area contributed by atoms with Gasteiger partial charge >= 0.3 is 0 Å². The minimum Gasteiger partial charge on any atom is -0.439 e.